The van der Waals surface area contributed by atoms with Crippen molar-refractivity contribution >= 4 is 15.8 Å². The first-order chi connectivity index (χ1) is 13.7. The van der Waals surface area contributed by atoms with E-state index in [2.05, 4.69) is 29.5 Å². The average Bonchev–Trinajstić information content (AvgIpc) is 2.66. The van der Waals surface area contributed by atoms with Crippen LogP contribution in [0.15, 0.2) is 52.4 Å². The highest BCUT2D eigenvalue weighted by Gasteiger charge is 2.11. The molecule has 29 heavy (non-hydrogen) atoms. The molecule has 0 atom stereocenters. The van der Waals surface area contributed by atoms with Gasteiger partial charge in [0, 0.05) is 26.4 Å². The van der Waals surface area contributed by atoms with Crippen LogP contribution < -0.4 is 15.4 Å². The lowest BCUT2D eigenvalue weighted by molar-refractivity contribution is 0.271. The topological polar surface area (TPSA) is 79.8 Å². The average molecular weight is 418 g/mol. The number of sulfone groups is 1. The van der Waals surface area contributed by atoms with E-state index in [-0.39, 0.29) is 0 Å². The lowest BCUT2D eigenvalue weighted by Crippen LogP contribution is -2.36. The predicted molar refractivity (Wildman–Crippen MR) is 118 cm³/mol. The molecule has 0 amide bonds. The van der Waals surface area contributed by atoms with Crippen molar-refractivity contribution < 1.29 is 13.2 Å². The van der Waals surface area contributed by atoms with Gasteiger partial charge in [0.05, 0.1) is 11.5 Å². The van der Waals surface area contributed by atoms with E-state index in [0.717, 1.165) is 22.4 Å². The number of hydrogen-bond acceptors (Lipinski definition) is 4. The predicted octanol–water partition coefficient (Wildman–Crippen LogP) is 3.30. The van der Waals surface area contributed by atoms with Gasteiger partial charge in [-0.05, 0) is 47.7 Å². The van der Waals surface area contributed by atoms with Crippen molar-refractivity contribution in [3.63, 3.8) is 0 Å². The summed E-state index contributed by atoms with van der Waals surface area (Å²) in [4.78, 5) is 4.60. The summed E-state index contributed by atoms with van der Waals surface area (Å²) in [6.45, 7) is 7.94. The number of nitrogens with one attached hydrogen (secondary N) is 2. The van der Waals surface area contributed by atoms with E-state index in [4.69, 9.17) is 4.74 Å². The van der Waals surface area contributed by atoms with Crippen LogP contribution in [0.1, 0.15) is 30.5 Å². The van der Waals surface area contributed by atoms with E-state index in [9.17, 15) is 8.42 Å². The van der Waals surface area contributed by atoms with E-state index >= 15 is 0 Å². The van der Waals surface area contributed by atoms with Crippen molar-refractivity contribution in [2.24, 2.45) is 10.9 Å². The van der Waals surface area contributed by atoms with E-state index in [0.29, 0.717) is 36.5 Å². The summed E-state index contributed by atoms with van der Waals surface area (Å²) in [6.07, 6.45) is 1.22. The Morgan fingerprint density at radius 3 is 2.14 bits per heavy atom. The molecule has 2 aromatic carbocycles. The normalized spacial score (nSPS) is 12.1. The van der Waals surface area contributed by atoms with Gasteiger partial charge >= 0.3 is 0 Å². The van der Waals surface area contributed by atoms with Gasteiger partial charge in [0.1, 0.15) is 5.75 Å². The molecule has 0 spiro atoms. The molecule has 0 aliphatic heterocycles. The molecule has 0 unspecified atom stereocenters. The molecule has 0 radical (unpaired) electrons. The van der Waals surface area contributed by atoms with Gasteiger partial charge in [-0.2, -0.15) is 0 Å². The van der Waals surface area contributed by atoms with Gasteiger partial charge in [0.2, 0.25) is 0 Å². The smallest absolute Gasteiger partial charge is 0.191 e. The lowest BCUT2D eigenvalue weighted by Gasteiger charge is -2.14. The first kappa shape index (κ1) is 22.7. The van der Waals surface area contributed by atoms with Gasteiger partial charge in [-0.25, -0.2) is 8.42 Å². The Morgan fingerprint density at radius 2 is 1.62 bits per heavy atom. The van der Waals surface area contributed by atoms with Crippen LogP contribution in [-0.2, 0) is 22.9 Å². The summed E-state index contributed by atoms with van der Waals surface area (Å²) in [5, 5.41) is 6.53. The number of hydrogen-bond donors (Lipinski definition) is 2. The molecule has 0 aliphatic rings. The zero-order chi connectivity index (χ0) is 21.4. The fourth-order valence-corrected chi connectivity index (χ4v) is 3.76. The van der Waals surface area contributed by atoms with E-state index in [1.807, 2.05) is 43.3 Å². The second-order valence-electron chi connectivity index (χ2n) is 7.50. The van der Waals surface area contributed by atoms with Crippen molar-refractivity contribution in [3.8, 4) is 5.75 Å². The number of rotatable bonds is 8. The van der Waals surface area contributed by atoms with Gasteiger partial charge in [-0.1, -0.05) is 38.1 Å². The fraction of sp³-hybridized carbons (Fsp3) is 0.409. The minimum absolute atomic E-state index is 0.365. The van der Waals surface area contributed by atoms with Crippen molar-refractivity contribution in [1.82, 2.24) is 10.6 Å². The maximum Gasteiger partial charge on any atom is 0.191 e. The van der Waals surface area contributed by atoms with Crippen molar-refractivity contribution in [1.29, 1.82) is 0 Å². The van der Waals surface area contributed by atoms with E-state index in [1.165, 1.54) is 6.26 Å². The van der Waals surface area contributed by atoms with Crippen LogP contribution in [0.2, 0.25) is 0 Å². The summed E-state index contributed by atoms with van der Waals surface area (Å²) < 4.78 is 29.2. The summed E-state index contributed by atoms with van der Waals surface area (Å²) in [5.41, 5.74) is 2.86. The SMILES string of the molecule is CN=C(NCc1ccc(OCC(C)C)cc1)NCc1ccc(S(C)(=O)=O)c(C)c1. The quantitative estimate of drug-likeness (QED) is 0.509. The third kappa shape index (κ3) is 7.42. The number of aliphatic imine (C=N–C) groups is 1. The number of nitrogens with zero attached hydrogens (tertiary/aromatic N) is 1. The van der Waals surface area contributed by atoms with E-state index in [1.54, 1.807) is 13.1 Å². The Morgan fingerprint density at radius 1 is 1.03 bits per heavy atom. The zero-order valence-electron chi connectivity index (χ0n) is 17.8. The maximum atomic E-state index is 11.7. The highest BCUT2D eigenvalue weighted by atomic mass is 32.2. The van der Waals surface area contributed by atoms with Gasteiger partial charge < -0.3 is 15.4 Å². The molecule has 0 saturated heterocycles. The van der Waals surface area contributed by atoms with Crippen LogP contribution in [0.3, 0.4) is 0 Å². The standard InChI is InChI=1S/C22H31N3O3S/c1-16(2)15-28-20-9-6-18(7-10-20)13-24-22(23-4)25-14-19-8-11-21(17(3)12-19)29(5,26)27/h6-12,16H,13-15H2,1-5H3,(H2,23,24,25). The van der Waals surface area contributed by atoms with Gasteiger partial charge in [-0.15, -0.1) is 0 Å². The Bertz CT molecular complexity index is 936. The van der Waals surface area contributed by atoms with Crippen LogP contribution >= 0.6 is 0 Å². The number of guanidine groups is 1. The van der Waals surface area contributed by atoms with Crippen LogP contribution in [0.5, 0.6) is 5.75 Å². The molecular weight excluding hydrogens is 386 g/mol. The Kier molecular flexibility index (Phi) is 8.08. The zero-order valence-corrected chi connectivity index (χ0v) is 18.6. The first-order valence-electron chi connectivity index (χ1n) is 9.65. The molecule has 2 N–H and O–H groups in total. The highest BCUT2D eigenvalue weighted by molar-refractivity contribution is 7.90. The Labute approximate surface area is 174 Å². The minimum Gasteiger partial charge on any atom is -0.493 e. The van der Waals surface area contributed by atoms with Gasteiger partial charge in [0.15, 0.2) is 15.8 Å². The molecule has 0 fully saturated rings. The summed E-state index contributed by atoms with van der Waals surface area (Å²) in [7, 11) is -1.48. The third-order valence-electron chi connectivity index (χ3n) is 4.29. The van der Waals surface area contributed by atoms with Gasteiger partial charge in [0.25, 0.3) is 0 Å². The number of benzene rings is 2. The largest absolute Gasteiger partial charge is 0.493 e. The molecule has 2 rings (SSSR count). The lowest BCUT2D eigenvalue weighted by atomic mass is 10.1. The highest BCUT2D eigenvalue weighted by Crippen LogP contribution is 2.16. The monoisotopic (exact) mass is 417 g/mol. The molecular formula is C22H31N3O3S. The molecule has 7 heteroatoms. The fourth-order valence-electron chi connectivity index (χ4n) is 2.80. The number of ether oxygens (including phenoxy) is 1. The summed E-state index contributed by atoms with van der Waals surface area (Å²) >= 11 is 0. The molecule has 0 aliphatic carbocycles. The Balaban J connectivity index is 1.87. The molecule has 0 bridgehead atoms. The second kappa shape index (κ2) is 10.3. The summed E-state index contributed by atoms with van der Waals surface area (Å²) in [6, 6.07) is 13.4. The third-order valence-corrected chi connectivity index (χ3v) is 5.55. The summed E-state index contributed by atoms with van der Waals surface area (Å²) in [5.74, 6) is 2.05. The molecule has 0 saturated carbocycles. The van der Waals surface area contributed by atoms with Crippen LogP contribution in [0, 0.1) is 12.8 Å². The first-order valence-corrected chi connectivity index (χ1v) is 11.5. The van der Waals surface area contributed by atoms with Crippen molar-refractivity contribution in [3.05, 3.63) is 59.2 Å². The van der Waals surface area contributed by atoms with E-state index < -0.39 is 9.84 Å². The van der Waals surface area contributed by atoms with Crippen LogP contribution in [-0.4, -0.2) is 34.3 Å². The molecule has 158 valence electrons. The Hall–Kier alpha value is -2.54. The molecule has 0 heterocycles. The van der Waals surface area contributed by atoms with Crippen LogP contribution in [0.4, 0.5) is 0 Å². The van der Waals surface area contributed by atoms with Crippen LogP contribution in [0.25, 0.3) is 0 Å². The van der Waals surface area contributed by atoms with Gasteiger partial charge in [-0.3, -0.25) is 4.99 Å². The molecule has 0 aromatic heterocycles. The number of aryl methyl sites for hydroxylation is 1. The van der Waals surface area contributed by atoms with Crippen molar-refractivity contribution in [2.45, 2.75) is 38.8 Å². The second-order valence-corrected chi connectivity index (χ2v) is 9.48. The minimum atomic E-state index is -3.20. The van der Waals surface area contributed by atoms with Crippen molar-refractivity contribution in [2.75, 3.05) is 19.9 Å². The molecule has 6 nitrogen and oxygen atoms in total. The molecule has 2 aromatic rings. The maximum absolute atomic E-state index is 11.7.